The van der Waals surface area contributed by atoms with Crippen molar-refractivity contribution in [1.82, 2.24) is 4.98 Å². The average Bonchev–Trinajstić information content (AvgIpc) is 2.70. The molecule has 0 saturated heterocycles. The summed E-state index contributed by atoms with van der Waals surface area (Å²) < 4.78 is 43.9. The summed E-state index contributed by atoms with van der Waals surface area (Å²) in [6, 6.07) is -0.571. The first-order valence-corrected chi connectivity index (χ1v) is 7.39. The Kier molecular flexibility index (Phi) is 5.30. The predicted octanol–water partition coefficient (Wildman–Crippen LogP) is 4.01. The molecule has 1 heterocycles. The van der Waals surface area contributed by atoms with Gasteiger partial charge in [0, 0.05) is 6.04 Å². The Morgan fingerprint density at radius 1 is 1.26 bits per heavy atom. The van der Waals surface area contributed by atoms with Crippen molar-refractivity contribution in [3.8, 4) is 0 Å². The van der Waals surface area contributed by atoms with E-state index in [1.807, 2.05) is 0 Å². The molecule has 10 heteroatoms. The van der Waals surface area contributed by atoms with Gasteiger partial charge in [0.1, 0.15) is 10.5 Å². The van der Waals surface area contributed by atoms with Crippen LogP contribution in [0.5, 0.6) is 0 Å². The van der Waals surface area contributed by atoms with Gasteiger partial charge in [-0.05, 0) is 34.6 Å². The first-order chi connectivity index (χ1) is 10.2. The second-order valence-electron chi connectivity index (χ2n) is 5.92. The van der Waals surface area contributed by atoms with Crippen LogP contribution in [0.1, 0.15) is 50.0 Å². The van der Waals surface area contributed by atoms with Gasteiger partial charge < -0.3 is 9.84 Å². The molecular weight excluding hydrogens is 337 g/mol. The van der Waals surface area contributed by atoms with Crippen molar-refractivity contribution in [3.05, 3.63) is 10.6 Å². The first-order valence-electron chi connectivity index (χ1n) is 6.57. The molecule has 1 amide bonds. The van der Waals surface area contributed by atoms with Gasteiger partial charge in [-0.2, -0.15) is 13.2 Å². The fraction of sp³-hybridized carbons (Fsp3) is 0.615. The molecular formula is C13H17F3N2O4S. The van der Waals surface area contributed by atoms with E-state index in [-0.39, 0.29) is 16.5 Å². The van der Waals surface area contributed by atoms with Gasteiger partial charge in [0.05, 0.1) is 0 Å². The van der Waals surface area contributed by atoms with Crippen LogP contribution in [-0.4, -0.2) is 33.8 Å². The maximum atomic E-state index is 12.9. The number of nitrogens with zero attached hydrogens (tertiary/aromatic N) is 2. The number of halogens is 3. The van der Waals surface area contributed by atoms with E-state index in [0.717, 1.165) is 4.90 Å². The minimum absolute atomic E-state index is 0.280. The van der Waals surface area contributed by atoms with Crippen molar-refractivity contribution in [2.45, 2.75) is 52.4 Å². The largest absolute Gasteiger partial charge is 0.477 e. The quantitative estimate of drug-likeness (QED) is 0.887. The van der Waals surface area contributed by atoms with E-state index in [4.69, 9.17) is 9.84 Å². The smallest absolute Gasteiger partial charge is 0.435 e. The molecule has 1 aromatic rings. The molecule has 0 aliphatic rings. The highest BCUT2D eigenvalue weighted by molar-refractivity contribution is 7.17. The lowest BCUT2D eigenvalue weighted by molar-refractivity contribution is -0.141. The van der Waals surface area contributed by atoms with Gasteiger partial charge in [0.25, 0.3) is 0 Å². The normalized spacial score (nSPS) is 12.4. The molecule has 6 nitrogen and oxygen atoms in total. The van der Waals surface area contributed by atoms with E-state index in [9.17, 15) is 22.8 Å². The van der Waals surface area contributed by atoms with Crippen LogP contribution in [0.25, 0.3) is 0 Å². The van der Waals surface area contributed by atoms with Crippen LogP contribution in [0.3, 0.4) is 0 Å². The third-order valence-electron chi connectivity index (χ3n) is 2.39. The number of carbonyl (C=O) groups excluding carboxylic acids is 1. The van der Waals surface area contributed by atoms with Gasteiger partial charge >= 0.3 is 18.2 Å². The highest BCUT2D eigenvalue weighted by Crippen LogP contribution is 2.38. The SMILES string of the molecule is CC(C)N(C(=O)OC(C)(C)C)c1nc(C(F)(F)F)c(C(=O)O)s1. The Morgan fingerprint density at radius 3 is 2.09 bits per heavy atom. The van der Waals surface area contributed by atoms with Crippen molar-refractivity contribution >= 4 is 28.5 Å². The maximum Gasteiger partial charge on any atom is 0.435 e. The summed E-state index contributed by atoms with van der Waals surface area (Å²) in [6.45, 7) is 7.93. The van der Waals surface area contributed by atoms with Crippen LogP contribution in [0.15, 0.2) is 0 Å². The molecule has 0 aromatic carbocycles. The summed E-state index contributed by atoms with van der Waals surface area (Å²) in [7, 11) is 0. The summed E-state index contributed by atoms with van der Waals surface area (Å²) in [5.41, 5.74) is -2.39. The number of aromatic nitrogens is 1. The van der Waals surface area contributed by atoms with Gasteiger partial charge in [-0.1, -0.05) is 11.3 Å². The average molecular weight is 354 g/mol. The number of rotatable bonds is 3. The number of carbonyl (C=O) groups is 2. The van der Waals surface area contributed by atoms with Crippen LogP contribution < -0.4 is 4.90 Å². The van der Waals surface area contributed by atoms with Crippen LogP contribution in [0.2, 0.25) is 0 Å². The van der Waals surface area contributed by atoms with Gasteiger partial charge in [0.15, 0.2) is 10.8 Å². The highest BCUT2D eigenvalue weighted by Gasteiger charge is 2.41. The fourth-order valence-corrected chi connectivity index (χ4v) is 2.62. The second kappa shape index (κ2) is 6.34. The number of alkyl halides is 3. The van der Waals surface area contributed by atoms with E-state index in [1.54, 1.807) is 34.6 Å². The number of aromatic carboxylic acids is 1. The number of amides is 1. The lowest BCUT2D eigenvalue weighted by atomic mass is 10.2. The molecule has 0 fully saturated rings. The molecule has 1 rings (SSSR count). The van der Waals surface area contributed by atoms with Gasteiger partial charge in [-0.3, -0.25) is 4.90 Å². The topological polar surface area (TPSA) is 79.7 Å². The summed E-state index contributed by atoms with van der Waals surface area (Å²) in [6.07, 6.45) is -5.83. The molecule has 0 bridgehead atoms. The number of hydrogen-bond donors (Lipinski definition) is 1. The van der Waals surface area contributed by atoms with Crippen LogP contribution in [-0.2, 0) is 10.9 Å². The molecule has 0 unspecified atom stereocenters. The third kappa shape index (κ3) is 4.81. The van der Waals surface area contributed by atoms with Crippen LogP contribution >= 0.6 is 11.3 Å². The lowest BCUT2D eigenvalue weighted by Crippen LogP contribution is -2.41. The monoisotopic (exact) mass is 354 g/mol. The molecule has 0 radical (unpaired) electrons. The molecule has 130 valence electrons. The van der Waals surface area contributed by atoms with Crippen molar-refractivity contribution < 1.29 is 32.6 Å². The Labute approximate surface area is 134 Å². The van der Waals surface area contributed by atoms with Crippen molar-refractivity contribution in [3.63, 3.8) is 0 Å². The van der Waals surface area contributed by atoms with Crippen molar-refractivity contribution in [1.29, 1.82) is 0 Å². The Balaban J connectivity index is 3.34. The second-order valence-corrected chi connectivity index (χ2v) is 6.90. The van der Waals surface area contributed by atoms with Crippen LogP contribution in [0, 0.1) is 0 Å². The van der Waals surface area contributed by atoms with Gasteiger partial charge in [0.2, 0.25) is 0 Å². The van der Waals surface area contributed by atoms with E-state index >= 15 is 0 Å². The molecule has 23 heavy (non-hydrogen) atoms. The number of ether oxygens (including phenoxy) is 1. The van der Waals surface area contributed by atoms with Crippen molar-refractivity contribution in [2.75, 3.05) is 4.90 Å². The molecule has 0 aliphatic heterocycles. The van der Waals surface area contributed by atoms with Crippen molar-refractivity contribution in [2.24, 2.45) is 0 Å². The third-order valence-corrected chi connectivity index (χ3v) is 3.43. The number of carboxylic acid groups (broad SMARTS) is 1. The number of carboxylic acids is 1. The highest BCUT2D eigenvalue weighted by atomic mass is 32.1. The zero-order valence-electron chi connectivity index (χ0n) is 13.2. The zero-order valence-corrected chi connectivity index (χ0v) is 14.0. The summed E-state index contributed by atoms with van der Waals surface area (Å²) in [4.78, 5) is 26.4. The summed E-state index contributed by atoms with van der Waals surface area (Å²) in [5, 5.41) is 8.55. The molecule has 0 atom stereocenters. The predicted molar refractivity (Wildman–Crippen MR) is 77.9 cm³/mol. The summed E-state index contributed by atoms with van der Waals surface area (Å²) in [5.74, 6) is -1.76. The zero-order chi connectivity index (χ0) is 18.2. The molecule has 0 saturated carbocycles. The molecule has 1 aromatic heterocycles. The Hall–Kier alpha value is -1.84. The summed E-state index contributed by atoms with van der Waals surface area (Å²) >= 11 is 0.280. The number of hydrogen-bond acceptors (Lipinski definition) is 5. The van der Waals surface area contributed by atoms with E-state index in [2.05, 4.69) is 4.98 Å². The molecule has 0 aliphatic carbocycles. The van der Waals surface area contributed by atoms with Crippen LogP contribution in [0.4, 0.5) is 23.1 Å². The Morgan fingerprint density at radius 2 is 1.78 bits per heavy atom. The molecule has 0 spiro atoms. The van der Waals surface area contributed by atoms with E-state index in [1.165, 1.54) is 0 Å². The maximum absolute atomic E-state index is 12.9. The number of anilines is 1. The minimum Gasteiger partial charge on any atom is -0.477 e. The van der Waals surface area contributed by atoms with E-state index in [0.29, 0.717) is 0 Å². The standard InChI is InChI=1S/C13H17F3N2O4S/c1-6(2)18(11(21)22-12(3,4)5)10-17-8(13(14,15)16)7(23-10)9(19)20/h6H,1-5H3,(H,19,20). The molecule has 1 N–H and O–H groups in total. The Bertz CT molecular complexity index is 605. The minimum atomic E-state index is -4.93. The first kappa shape index (κ1) is 19.2. The van der Waals surface area contributed by atoms with E-state index < -0.39 is 40.5 Å². The van der Waals surface area contributed by atoms with Gasteiger partial charge in [-0.25, -0.2) is 14.6 Å². The number of thiazole rings is 1. The fourth-order valence-electron chi connectivity index (χ4n) is 1.57. The van der Waals surface area contributed by atoms with Gasteiger partial charge in [-0.15, -0.1) is 0 Å². The lowest BCUT2D eigenvalue weighted by Gasteiger charge is -2.28.